The van der Waals surface area contributed by atoms with Crippen LogP contribution in [0, 0.1) is 5.82 Å². The summed E-state index contributed by atoms with van der Waals surface area (Å²) in [4.78, 5) is 37.0. The maximum Gasteiger partial charge on any atom is 0.471 e. The van der Waals surface area contributed by atoms with Gasteiger partial charge >= 0.3 is 18.1 Å². The maximum absolute atomic E-state index is 13.3. The number of carbonyl (C=O) groups excluding carboxylic acids is 2. The summed E-state index contributed by atoms with van der Waals surface area (Å²) in [5.41, 5.74) is -0.515. The van der Waals surface area contributed by atoms with Crippen molar-refractivity contribution in [2.45, 2.75) is 25.2 Å². The van der Waals surface area contributed by atoms with Gasteiger partial charge in [-0.3, -0.25) is 14.2 Å². The number of aromatic nitrogens is 1. The fraction of sp³-hybridized carbons (Fsp3) is 0.174. The number of ether oxygens (including phenoxy) is 1. The summed E-state index contributed by atoms with van der Waals surface area (Å²) in [7, 11) is 0. The molecule has 6 nitrogen and oxygen atoms in total. The second-order valence-electron chi connectivity index (χ2n) is 7.03. The number of hydrogen-bond donors (Lipinski definition) is 1. The van der Waals surface area contributed by atoms with Crippen molar-refractivity contribution >= 4 is 17.6 Å². The lowest BCUT2D eigenvalue weighted by Crippen LogP contribution is -2.36. The van der Waals surface area contributed by atoms with Gasteiger partial charge < -0.3 is 10.1 Å². The maximum atomic E-state index is 13.3. The predicted molar refractivity (Wildman–Crippen MR) is 111 cm³/mol. The minimum Gasteiger partial charge on any atom is -0.459 e. The molecule has 1 atom stereocenters. The van der Waals surface area contributed by atoms with Gasteiger partial charge in [-0.05, 0) is 35.4 Å². The van der Waals surface area contributed by atoms with Crippen LogP contribution in [-0.2, 0) is 27.4 Å². The van der Waals surface area contributed by atoms with E-state index < -0.39 is 41.2 Å². The lowest BCUT2D eigenvalue weighted by molar-refractivity contribution is -0.167. The molecular formula is C23H18F4N2O4. The van der Waals surface area contributed by atoms with E-state index in [2.05, 4.69) is 0 Å². The Balaban J connectivity index is 1.92. The quantitative estimate of drug-likeness (QED) is 0.425. The molecule has 33 heavy (non-hydrogen) atoms. The normalized spacial score (nSPS) is 12.1. The number of anilines is 1. The monoisotopic (exact) mass is 462 g/mol. The molecule has 0 fully saturated rings. The third-order valence-electron chi connectivity index (χ3n) is 4.65. The zero-order valence-electron chi connectivity index (χ0n) is 17.0. The minimum absolute atomic E-state index is 0.0984. The molecule has 1 amide bonds. The van der Waals surface area contributed by atoms with Crippen LogP contribution >= 0.6 is 0 Å². The molecule has 10 heteroatoms. The molecule has 1 aromatic heterocycles. The van der Waals surface area contributed by atoms with E-state index in [1.165, 1.54) is 41.8 Å². The Kier molecular flexibility index (Phi) is 7.27. The van der Waals surface area contributed by atoms with Crippen molar-refractivity contribution in [2.24, 2.45) is 0 Å². The van der Waals surface area contributed by atoms with Crippen LogP contribution in [0.25, 0.3) is 0 Å². The van der Waals surface area contributed by atoms with Gasteiger partial charge in [0.05, 0.1) is 0 Å². The van der Waals surface area contributed by atoms with E-state index in [1.807, 2.05) is 0 Å². The number of amides is 1. The van der Waals surface area contributed by atoms with Gasteiger partial charge in [0.1, 0.15) is 24.2 Å². The van der Waals surface area contributed by atoms with E-state index in [-0.39, 0.29) is 13.0 Å². The molecule has 0 saturated carbocycles. The van der Waals surface area contributed by atoms with Crippen molar-refractivity contribution in [3.8, 4) is 0 Å². The van der Waals surface area contributed by atoms with Crippen LogP contribution in [-0.4, -0.2) is 22.6 Å². The second-order valence-corrected chi connectivity index (χ2v) is 7.03. The number of hydrogen-bond acceptors (Lipinski definition) is 4. The summed E-state index contributed by atoms with van der Waals surface area (Å²) in [6.45, 7) is -0.0984. The molecule has 0 bridgehead atoms. The van der Waals surface area contributed by atoms with E-state index in [0.717, 1.165) is 10.6 Å². The molecule has 1 N–H and O–H groups in total. The standard InChI is InChI=1S/C23H18F4N2O4/c24-17-10-8-15(9-11-17)13-19(21(31)33-14-16-5-2-1-3-6-16)29-12-4-7-18(20(29)30)28-22(32)23(25,26)27/h1-12,19H,13-14H2,(H,28,32)/t19-/m0/s1. The Morgan fingerprint density at radius 2 is 1.61 bits per heavy atom. The summed E-state index contributed by atoms with van der Waals surface area (Å²) < 4.78 is 57.3. The third-order valence-corrected chi connectivity index (χ3v) is 4.65. The minimum atomic E-state index is -5.20. The van der Waals surface area contributed by atoms with Crippen molar-refractivity contribution in [2.75, 3.05) is 5.32 Å². The van der Waals surface area contributed by atoms with Gasteiger partial charge in [0, 0.05) is 12.6 Å². The third kappa shape index (κ3) is 6.28. The number of nitrogens with one attached hydrogen (secondary N) is 1. The number of alkyl halides is 3. The number of benzene rings is 2. The van der Waals surface area contributed by atoms with Gasteiger partial charge in [0.15, 0.2) is 0 Å². The first-order chi connectivity index (χ1) is 15.6. The predicted octanol–water partition coefficient (Wildman–Crippen LogP) is 4.02. The van der Waals surface area contributed by atoms with Crippen LogP contribution in [0.1, 0.15) is 17.2 Å². The number of nitrogens with zero attached hydrogens (tertiary/aromatic N) is 1. The van der Waals surface area contributed by atoms with E-state index >= 15 is 0 Å². The van der Waals surface area contributed by atoms with Crippen molar-refractivity contribution in [1.82, 2.24) is 4.57 Å². The van der Waals surface area contributed by atoms with Gasteiger partial charge in [0.25, 0.3) is 5.56 Å². The Morgan fingerprint density at radius 1 is 0.939 bits per heavy atom. The fourth-order valence-electron chi connectivity index (χ4n) is 3.01. The average molecular weight is 462 g/mol. The molecule has 0 spiro atoms. The van der Waals surface area contributed by atoms with E-state index in [4.69, 9.17) is 4.74 Å². The van der Waals surface area contributed by atoms with Crippen molar-refractivity contribution < 1.29 is 31.9 Å². The number of halogens is 4. The zero-order valence-corrected chi connectivity index (χ0v) is 17.0. The lowest BCUT2D eigenvalue weighted by Gasteiger charge is -2.20. The van der Waals surface area contributed by atoms with E-state index in [1.54, 1.807) is 30.3 Å². The molecule has 0 aliphatic rings. The van der Waals surface area contributed by atoms with Crippen LogP contribution in [0.5, 0.6) is 0 Å². The van der Waals surface area contributed by atoms with Crippen LogP contribution < -0.4 is 10.9 Å². The molecule has 2 aromatic carbocycles. The molecule has 3 aromatic rings. The Morgan fingerprint density at radius 3 is 2.24 bits per heavy atom. The molecule has 0 radical (unpaired) electrons. The molecule has 0 aliphatic carbocycles. The van der Waals surface area contributed by atoms with Gasteiger partial charge in [-0.2, -0.15) is 13.2 Å². The molecule has 1 heterocycles. The smallest absolute Gasteiger partial charge is 0.459 e. The molecule has 3 rings (SSSR count). The fourth-order valence-corrected chi connectivity index (χ4v) is 3.01. The molecular weight excluding hydrogens is 444 g/mol. The van der Waals surface area contributed by atoms with Crippen LogP contribution in [0.4, 0.5) is 23.2 Å². The van der Waals surface area contributed by atoms with Gasteiger partial charge in [-0.15, -0.1) is 0 Å². The van der Waals surface area contributed by atoms with Crippen molar-refractivity contribution in [3.05, 3.63) is 100 Å². The highest BCUT2D eigenvalue weighted by atomic mass is 19.4. The Labute approximate surface area is 185 Å². The van der Waals surface area contributed by atoms with E-state index in [0.29, 0.717) is 11.1 Å². The van der Waals surface area contributed by atoms with Gasteiger partial charge in [-0.25, -0.2) is 9.18 Å². The van der Waals surface area contributed by atoms with Gasteiger partial charge in [0.2, 0.25) is 0 Å². The van der Waals surface area contributed by atoms with Crippen molar-refractivity contribution in [1.29, 1.82) is 0 Å². The van der Waals surface area contributed by atoms with Gasteiger partial charge in [-0.1, -0.05) is 42.5 Å². The largest absolute Gasteiger partial charge is 0.471 e. The second kappa shape index (κ2) is 10.1. The first-order valence-corrected chi connectivity index (χ1v) is 9.69. The summed E-state index contributed by atoms with van der Waals surface area (Å²) in [6, 6.07) is 14.8. The molecule has 172 valence electrons. The zero-order chi connectivity index (χ0) is 24.0. The summed E-state index contributed by atoms with van der Waals surface area (Å²) >= 11 is 0. The molecule has 0 unspecified atom stereocenters. The number of esters is 1. The van der Waals surface area contributed by atoms with Crippen LogP contribution in [0.2, 0.25) is 0 Å². The summed E-state index contributed by atoms with van der Waals surface area (Å²) in [6.07, 6.45) is -4.11. The lowest BCUT2D eigenvalue weighted by atomic mass is 10.1. The highest BCUT2D eigenvalue weighted by Gasteiger charge is 2.39. The Hall–Kier alpha value is -3.95. The SMILES string of the molecule is O=C(OCc1ccccc1)[C@H](Cc1ccc(F)cc1)n1cccc(NC(=O)C(F)(F)F)c1=O. The number of rotatable bonds is 7. The highest BCUT2D eigenvalue weighted by Crippen LogP contribution is 2.19. The highest BCUT2D eigenvalue weighted by molar-refractivity contribution is 5.94. The van der Waals surface area contributed by atoms with Crippen LogP contribution in [0.15, 0.2) is 77.7 Å². The van der Waals surface area contributed by atoms with Crippen molar-refractivity contribution in [3.63, 3.8) is 0 Å². The molecule has 0 aliphatic heterocycles. The average Bonchev–Trinajstić information content (AvgIpc) is 2.79. The topological polar surface area (TPSA) is 77.4 Å². The first-order valence-electron chi connectivity index (χ1n) is 9.69. The summed E-state index contributed by atoms with van der Waals surface area (Å²) in [5, 5.41) is 1.51. The number of carbonyl (C=O) groups is 2. The van der Waals surface area contributed by atoms with Crippen LogP contribution in [0.3, 0.4) is 0 Å². The number of pyridine rings is 1. The first kappa shape index (κ1) is 23.7. The summed E-state index contributed by atoms with van der Waals surface area (Å²) in [5.74, 6) is -3.65. The molecule has 0 saturated heterocycles. The Bertz CT molecular complexity index is 1180. The van der Waals surface area contributed by atoms with E-state index in [9.17, 15) is 31.9 Å².